The minimum atomic E-state index is 0.464. The smallest absolute Gasteiger partial charge is 0.0487 e. The molecule has 0 spiro atoms. The van der Waals surface area contributed by atoms with Gasteiger partial charge in [-0.25, -0.2) is 0 Å². The summed E-state index contributed by atoms with van der Waals surface area (Å²) in [7, 11) is 0. The largest absolute Gasteiger partial charge is 0.341 e. The summed E-state index contributed by atoms with van der Waals surface area (Å²) in [5, 5.41) is 3.48. The molecule has 0 bridgehead atoms. The zero-order chi connectivity index (χ0) is 15.2. The number of benzene rings is 1. The highest BCUT2D eigenvalue weighted by Crippen LogP contribution is 2.30. The van der Waals surface area contributed by atoms with E-state index in [1.54, 1.807) is 0 Å². The number of hydrogen-bond donors (Lipinski definition) is 1. The highest BCUT2D eigenvalue weighted by atomic mass is 15.1. The molecule has 0 saturated carbocycles. The predicted octanol–water partition coefficient (Wildman–Crippen LogP) is 4.05. The summed E-state index contributed by atoms with van der Waals surface area (Å²) in [5.74, 6) is 0. The standard InChI is InChI=1S/C18H25N3/c1-5-21(17-9-7-6-8-15(17)4)18-10-11-19-12-16(18)13-20-14(2)3/h6-12,14,20H,5,13H2,1-4H3. The molecule has 1 aromatic heterocycles. The van der Waals surface area contributed by atoms with E-state index in [4.69, 9.17) is 0 Å². The lowest BCUT2D eigenvalue weighted by atomic mass is 10.1. The summed E-state index contributed by atoms with van der Waals surface area (Å²) in [5.41, 5.74) is 5.02. The number of hydrogen-bond acceptors (Lipinski definition) is 3. The Bertz CT molecular complexity index is 578. The van der Waals surface area contributed by atoms with Crippen molar-refractivity contribution in [3.8, 4) is 0 Å². The normalized spacial score (nSPS) is 10.9. The second-order valence-corrected chi connectivity index (χ2v) is 5.57. The van der Waals surface area contributed by atoms with E-state index >= 15 is 0 Å². The molecule has 112 valence electrons. The lowest BCUT2D eigenvalue weighted by Gasteiger charge is -2.27. The van der Waals surface area contributed by atoms with Crippen LogP contribution in [0.2, 0.25) is 0 Å². The molecule has 2 rings (SSSR count). The maximum absolute atomic E-state index is 4.29. The van der Waals surface area contributed by atoms with Gasteiger partial charge in [-0.15, -0.1) is 0 Å². The Labute approximate surface area is 128 Å². The highest BCUT2D eigenvalue weighted by Gasteiger charge is 2.13. The van der Waals surface area contributed by atoms with Crippen LogP contribution >= 0.6 is 0 Å². The molecule has 1 heterocycles. The first-order valence-electron chi connectivity index (χ1n) is 7.63. The van der Waals surface area contributed by atoms with Gasteiger partial charge in [-0.1, -0.05) is 32.0 Å². The topological polar surface area (TPSA) is 28.2 Å². The van der Waals surface area contributed by atoms with Gasteiger partial charge in [-0.2, -0.15) is 0 Å². The van der Waals surface area contributed by atoms with Crippen molar-refractivity contribution < 1.29 is 0 Å². The van der Waals surface area contributed by atoms with Crippen LogP contribution in [0.1, 0.15) is 31.9 Å². The lowest BCUT2D eigenvalue weighted by Crippen LogP contribution is -2.25. The van der Waals surface area contributed by atoms with E-state index in [0.717, 1.165) is 13.1 Å². The van der Waals surface area contributed by atoms with Crippen molar-refractivity contribution in [1.82, 2.24) is 10.3 Å². The van der Waals surface area contributed by atoms with Crippen molar-refractivity contribution in [1.29, 1.82) is 0 Å². The number of pyridine rings is 1. The number of aromatic nitrogens is 1. The van der Waals surface area contributed by atoms with Crippen LogP contribution in [-0.4, -0.2) is 17.6 Å². The predicted molar refractivity (Wildman–Crippen MR) is 90.1 cm³/mol. The lowest BCUT2D eigenvalue weighted by molar-refractivity contribution is 0.588. The SMILES string of the molecule is CCN(c1ccccc1C)c1ccncc1CNC(C)C. The average molecular weight is 283 g/mol. The summed E-state index contributed by atoms with van der Waals surface area (Å²) in [6.45, 7) is 10.4. The molecule has 0 aliphatic rings. The van der Waals surface area contributed by atoms with E-state index in [2.05, 4.69) is 73.2 Å². The summed E-state index contributed by atoms with van der Waals surface area (Å²) >= 11 is 0. The first-order chi connectivity index (χ1) is 10.1. The summed E-state index contributed by atoms with van der Waals surface area (Å²) in [4.78, 5) is 6.64. The monoisotopic (exact) mass is 283 g/mol. The van der Waals surface area contributed by atoms with Crippen LogP contribution in [0.25, 0.3) is 0 Å². The molecule has 0 atom stereocenters. The Morgan fingerprint density at radius 1 is 1.14 bits per heavy atom. The molecule has 0 amide bonds. The Hall–Kier alpha value is -1.87. The van der Waals surface area contributed by atoms with Gasteiger partial charge >= 0.3 is 0 Å². The number of anilines is 2. The molecule has 0 radical (unpaired) electrons. The van der Waals surface area contributed by atoms with Crippen LogP contribution in [-0.2, 0) is 6.54 Å². The summed E-state index contributed by atoms with van der Waals surface area (Å²) < 4.78 is 0. The Balaban J connectivity index is 2.36. The van der Waals surface area contributed by atoms with Crippen molar-refractivity contribution in [2.45, 2.75) is 40.3 Å². The second-order valence-electron chi connectivity index (χ2n) is 5.57. The molecule has 0 aliphatic carbocycles. The van der Waals surface area contributed by atoms with Gasteiger partial charge in [0.15, 0.2) is 0 Å². The fourth-order valence-corrected chi connectivity index (χ4v) is 2.47. The fraction of sp³-hybridized carbons (Fsp3) is 0.389. The highest BCUT2D eigenvalue weighted by molar-refractivity contribution is 5.68. The van der Waals surface area contributed by atoms with Gasteiger partial charge in [0.2, 0.25) is 0 Å². The molecule has 0 saturated heterocycles. The zero-order valence-corrected chi connectivity index (χ0v) is 13.4. The molecule has 1 N–H and O–H groups in total. The van der Waals surface area contributed by atoms with Crippen molar-refractivity contribution in [2.24, 2.45) is 0 Å². The van der Waals surface area contributed by atoms with Crippen LogP contribution in [0.5, 0.6) is 0 Å². The summed E-state index contributed by atoms with van der Waals surface area (Å²) in [6.07, 6.45) is 3.83. The molecule has 0 fully saturated rings. The molecular weight excluding hydrogens is 258 g/mol. The maximum Gasteiger partial charge on any atom is 0.0487 e. The molecule has 3 heteroatoms. The van der Waals surface area contributed by atoms with Crippen molar-refractivity contribution in [3.05, 3.63) is 53.9 Å². The third-order valence-electron chi connectivity index (χ3n) is 3.59. The van der Waals surface area contributed by atoms with Gasteiger partial charge in [0.25, 0.3) is 0 Å². The van der Waals surface area contributed by atoms with Gasteiger partial charge in [-0.3, -0.25) is 4.98 Å². The maximum atomic E-state index is 4.29. The minimum Gasteiger partial charge on any atom is -0.341 e. The quantitative estimate of drug-likeness (QED) is 0.867. The number of nitrogens with one attached hydrogen (secondary N) is 1. The van der Waals surface area contributed by atoms with Crippen molar-refractivity contribution in [2.75, 3.05) is 11.4 Å². The van der Waals surface area contributed by atoms with Crippen LogP contribution in [0.4, 0.5) is 11.4 Å². The summed E-state index contributed by atoms with van der Waals surface area (Å²) in [6, 6.07) is 11.1. The van der Waals surface area contributed by atoms with E-state index in [0.29, 0.717) is 6.04 Å². The minimum absolute atomic E-state index is 0.464. The Morgan fingerprint density at radius 3 is 2.57 bits per heavy atom. The van der Waals surface area contributed by atoms with E-state index < -0.39 is 0 Å². The fourth-order valence-electron chi connectivity index (χ4n) is 2.47. The number of nitrogens with zero attached hydrogens (tertiary/aromatic N) is 2. The van der Waals surface area contributed by atoms with Crippen LogP contribution in [0.15, 0.2) is 42.7 Å². The molecule has 1 aromatic carbocycles. The third-order valence-corrected chi connectivity index (χ3v) is 3.59. The van der Waals surface area contributed by atoms with Crippen LogP contribution in [0, 0.1) is 6.92 Å². The van der Waals surface area contributed by atoms with E-state index in [9.17, 15) is 0 Å². The molecule has 0 unspecified atom stereocenters. The van der Waals surface area contributed by atoms with Crippen LogP contribution < -0.4 is 10.2 Å². The van der Waals surface area contributed by atoms with Crippen molar-refractivity contribution >= 4 is 11.4 Å². The number of aryl methyl sites for hydroxylation is 1. The van der Waals surface area contributed by atoms with E-state index in [-0.39, 0.29) is 0 Å². The first-order valence-corrected chi connectivity index (χ1v) is 7.63. The number of para-hydroxylation sites is 1. The van der Waals surface area contributed by atoms with Crippen LogP contribution in [0.3, 0.4) is 0 Å². The van der Waals surface area contributed by atoms with E-state index in [1.165, 1.54) is 22.5 Å². The van der Waals surface area contributed by atoms with Gasteiger partial charge in [0.1, 0.15) is 0 Å². The van der Waals surface area contributed by atoms with Gasteiger partial charge in [0, 0.05) is 48.5 Å². The molecule has 0 aliphatic heterocycles. The third kappa shape index (κ3) is 3.82. The van der Waals surface area contributed by atoms with Gasteiger partial charge in [-0.05, 0) is 31.5 Å². The molecular formula is C18H25N3. The van der Waals surface area contributed by atoms with Gasteiger partial charge in [0.05, 0.1) is 0 Å². The molecule has 3 nitrogen and oxygen atoms in total. The van der Waals surface area contributed by atoms with E-state index in [1.807, 2.05) is 12.4 Å². The van der Waals surface area contributed by atoms with Crippen molar-refractivity contribution in [3.63, 3.8) is 0 Å². The number of rotatable bonds is 6. The first kappa shape index (κ1) is 15.5. The average Bonchev–Trinajstić information content (AvgIpc) is 2.49. The van der Waals surface area contributed by atoms with Gasteiger partial charge < -0.3 is 10.2 Å². The Morgan fingerprint density at radius 2 is 1.90 bits per heavy atom. The molecule has 2 aromatic rings. The zero-order valence-electron chi connectivity index (χ0n) is 13.4. The Kier molecular flexibility index (Phi) is 5.34. The molecule has 21 heavy (non-hydrogen) atoms. The second kappa shape index (κ2) is 7.23.